The van der Waals surface area contributed by atoms with Gasteiger partial charge in [-0.05, 0) is 41.5 Å². The summed E-state index contributed by atoms with van der Waals surface area (Å²) in [4.78, 5) is 23.4. The van der Waals surface area contributed by atoms with Crippen LogP contribution >= 0.6 is 0 Å². The maximum Gasteiger partial charge on any atom is 0.407 e. The minimum Gasteiger partial charge on any atom is -0.480 e. The quantitative estimate of drug-likeness (QED) is 0.655. The molecule has 3 N–H and O–H groups in total. The molecule has 28 heavy (non-hydrogen) atoms. The van der Waals surface area contributed by atoms with E-state index < -0.39 is 18.1 Å². The molecule has 1 atom stereocenters. The summed E-state index contributed by atoms with van der Waals surface area (Å²) >= 11 is 0. The molecule has 4 rings (SSSR count). The molecule has 2 aliphatic carbocycles. The van der Waals surface area contributed by atoms with E-state index in [0.29, 0.717) is 12.5 Å². The number of hydrogen-bond donors (Lipinski definition) is 3. The molecule has 0 spiro atoms. The predicted molar refractivity (Wildman–Crippen MR) is 105 cm³/mol. The summed E-state index contributed by atoms with van der Waals surface area (Å²) < 4.78 is 5.46. The van der Waals surface area contributed by atoms with Crippen molar-refractivity contribution in [1.29, 1.82) is 0 Å². The summed E-state index contributed by atoms with van der Waals surface area (Å²) in [5.74, 6) is -0.873. The summed E-state index contributed by atoms with van der Waals surface area (Å²) in [6, 6.07) is 16.0. The fourth-order valence-corrected chi connectivity index (χ4v) is 3.78. The number of rotatable bonds is 8. The van der Waals surface area contributed by atoms with Crippen LogP contribution in [0.3, 0.4) is 0 Å². The van der Waals surface area contributed by atoms with Crippen LogP contribution in [0.15, 0.2) is 48.5 Å². The van der Waals surface area contributed by atoms with E-state index in [1.54, 1.807) is 0 Å². The van der Waals surface area contributed by atoms with Gasteiger partial charge in [-0.25, -0.2) is 4.79 Å². The number of alkyl carbamates (subject to hydrolysis) is 1. The standard InChI is InChI=1S/C22H24N2O4/c25-21(26)20(24-14-9-10-14)11-12-23-22(27)28-13-19-17-7-3-1-5-15(17)16-6-2-4-8-18(16)19/h1-8,14,19-20,24H,9-13H2,(H,23,27)(H,25,26). The Morgan fingerprint density at radius 1 is 1.04 bits per heavy atom. The number of carbonyl (C=O) groups is 2. The number of carbonyl (C=O) groups excluding carboxylic acids is 1. The first-order valence-electron chi connectivity index (χ1n) is 9.71. The van der Waals surface area contributed by atoms with Crippen molar-refractivity contribution < 1.29 is 19.4 Å². The number of ether oxygens (including phenoxy) is 1. The molecule has 0 bridgehead atoms. The van der Waals surface area contributed by atoms with Crippen LogP contribution in [0.2, 0.25) is 0 Å². The van der Waals surface area contributed by atoms with E-state index in [4.69, 9.17) is 4.74 Å². The second kappa shape index (κ2) is 8.02. The van der Waals surface area contributed by atoms with Gasteiger partial charge in [-0.3, -0.25) is 4.79 Å². The Hall–Kier alpha value is -2.86. The van der Waals surface area contributed by atoms with E-state index in [1.807, 2.05) is 24.3 Å². The molecule has 1 unspecified atom stereocenters. The van der Waals surface area contributed by atoms with Crippen LogP contribution in [0.5, 0.6) is 0 Å². The first-order valence-corrected chi connectivity index (χ1v) is 9.71. The highest BCUT2D eigenvalue weighted by Crippen LogP contribution is 2.44. The van der Waals surface area contributed by atoms with Crippen LogP contribution in [0.1, 0.15) is 36.3 Å². The van der Waals surface area contributed by atoms with Gasteiger partial charge in [0.05, 0.1) is 0 Å². The van der Waals surface area contributed by atoms with Crippen LogP contribution in [0.4, 0.5) is 4.79 Å². The van der Waals surface area contributed by atoms with Gasteiger partial charge >= 0.3 is 12.1 Å². The van der Waals surface area contributed by atoms with Crippen LogP contribution in [0.25, 0.3) is 11.1 Å². The summed E-state index contributed by atoms with van der Waals surface area (Å²) in [5, 5.41) is 15.0. The second-order valence-electron chi connectivity index (χ2n) is 7.37. The molecule has 2 aromatic rings. The van der Waals surface area contributed by atoms with Gasteiger partial charge in [-0.15, -0.1) is 0 Å². The Morgan fingerprint density at radius 3 is 2.21 bits per heavy atom. The summed E-state index contributed by atoms with van der Waals surface area (Å²) in [6.45, 7) is 0.510. The van der Waals surface area contributed by atoms with E-state index in [2.05, 4.69) is 34.9 Å². The highest BCUT2D eigenvalue weighted by molar-refractivity contribution is 5.79. The second-order valence-corrected chi connectivity index (χ2v) is 7.37. The molecule has 0 saturated heterocycles. The molecule has 146 valence electrons. The van der Waals surface area contributed by atoms with Gasteiger partial charge in [-0.1, -0.05) is 48.5 Å². The number of benzene rings is 2. The van der Waals surface area contributed by atoms with Gasteiger partial charge in [0.2, 0.25) is 0 Å². The van der Waals surface area contributed by atoms with Crippen molar-refractivity contribution in [3.63, 3.8) is 0 Å². The fourth-order valence-electron chi connectivity index (χ4n) is 3.78. The van der Waals surface area contributed by atoms with Crippen molar-refractivity contribution >= 4 is 12.1 Å². The normalized spacial score (nSPS) is 16.1. The van der Waals surface area contributed by atoms with Crippen molar-refractivity contribution in [3.8, 4) is 11.1 Å². The first kappa shape index (κ1) is 18.5. The number of carboxylic acid groups (broad SMARTS) is 1. The topological polar surface area (TPSA) is 87.7 Å². The van der Waals surface area contributed by atoms with Gasteiger partial charge in [0.15, 0.2) is 0 Å². The molecule has 1 amide bonds. The summed E-state index contributed by atoms with van der Waals surface area (Å²) in [6.07, 6.45) is 1.85. The molecule has 0 aliphatic heterocycles. The fraction of sp³-hybridized carbons (Fsp3) is 0.364. The maximum atomic E-state index is 12.1. The molecule has 1 saturated carbocycles. The molecule has 2 aliphatic rings. The van der Waals surface area contributed by atoms with Crippen molar-refractivity contribution in [3.05, 3.63) is 59.7 Å². The van der Waals surface area contributed by atoms with E-state index >= 15 is 0 Å². The molecule has 0 aromatic heterocycles. The first-order chi connectivity index (χ1) is 13.6. The molecular weight excluding hydrogens is 356 g/mol. The Labute approximate surface area is 163 Å². The third kappa shape index (κ3) is 4.02. The SMILES string of the molecule is O=C(NCCC(NC1CC1)C(=O)O)OCC1c2ccccc2-c2ccccc21. The molecule has 2 aromatic carbocycles. The van der Waals surface area contributed by atoms with Crippen LogP contribution in [-0.4, -0.2) is 42.4 Å². The molecular formula is C22H24N2O4. The lowest BCUT2D eigenvalue weighted by Gasteiger charge is -2.16. The lowest BCUT2D eigenvalue weighted by molar-refractivity contribution is -0.139. The van der Waals surface area contributed by atoms with E-state index in [-0.39, 0.29) is 19.1 Å². The van der Waals surface area contributed by atoms with Gasteiger partial charge in [0.1, 0.15) is 12.6 Å². The Morgan fingerprint density at radius 2 is 1.64 bits per heavy atom. The average Bonchev–Trinajstić information content (AvgIpc) is 3.46. The largest absolute Gasteiger partial charge is 0.480 e. The lowest BCUT2D eigenvalue weighted by atomic mass is 9.98. The van der Waals surface area contributed by atoms with Crippen LogP contribution in [-0.2, 0) is 9.53 Å². The number of hydrogen-bond acceptors (Lipinski definition) is 4. The summed E-state index contributed by atoms with van der Waals surface area (Å²) in [5.41, 5.74) is 4.69. The van der Waals surface area contributed by atoms with Crippen molar-refractivity contribution in [2.75, 3.05) is 13.2 Å². The third-order valence-corrected chi connectivity index (χ3v) is 5.36. The average molecular weight is 380 g/mol. The third-order valence-electron chi connectivity index (χ3n) is 5.36. The highest BCUT2D eigenvalue weighted by Gasteiger charge is 2.30. The van der Waals surface area contributed by atoms with Gasteiger partial charge < -0.3 is 20.5 Å². The van der Waals surface area contributed by atoms with E-state index in [0.717, 1.165) is 24.0 Å². The Kier molecular flexibility index (Phi) is 5.30. The number of carboxylic acids is 1. The van der Waals surface area contributed by atoms with Crippen LogP contribution in [0, 0.1) is 0 Å². The zero-order valence-electron chi connectivity index (χ0n) is 15.6. The van der Waals surface area contributed by atoms with Crippen LogP contribution < -0.4 is 10.6 Å². The molecule has 6 heteroatoms. The number of amides is 1. The molecule has 1 fully saturated rings. The Balaban J connectivity index is 1.31. The van der Waals surface area contributed by atoms with Gasteiger partial charge in [-0.2, -0.15) is 0 Å². The maximum absolute atomic E-state index is 12.1. The zero-order valence-corrected chi connectivity index (χ0v) is 15.6. The van der Waals surface area contributed by atoms with Crippen molar-refractivity contribution in [2.24, 2.45) is 0 Å². The molecule has 0 heterocycles. The smallest absolute Gasteiger partial charge is 0.407 e. The minimum absolute atomic E-state index is 0.0152. The number of nitrogens with one attached hydrogen (secondary N) is 2. The van der Waals surface area contributed by atoms with Gasteiger partial charge in [0, 0.05) is 18.5 Å². The monoisotopic (exact) mass is 380 g/mol. The van der Waals surface area contributed by atoms with Gasteiger partial charge in [0.25, 0.3) is 0 Å². The lowest BCUT2D eigenvalue weighted by Crippen LogP contribution is -2.41. The molecule has 6 nitrogen and oxygen atoms in total. The highest BCUT2D eigenvalue weighted by atomic mass is 16.5. The van der Waals surface area contributed by atoms with E-state index in [1.165, 1.54) is 11.1 Å². The van der Waals surface area contributed by atoms with Crippen molar-refractivity contribution in [1.82, 2.24) is 10.6 Å². The minimum atomic E-state index is -0.888. The van der Waals surface area contributed by atoms with E-state index in [9.17, 15) is 14.7 Å². The summed E-state index contributed by atoms with van der Waals surface area (Å²) in [7, 11) is 0. The Bertz CT molecular complexity index is 833. The number of fused-ring (bicyclic) bond motifs is 3. The van der Waals surface area contributed by atoms with Crippen molar-refractivity contribution in [2.45, 2.75) is 37.3 Å². The predicted octanol–water partition coefficient (Wildman–Crippen LogP) is 3.12. The number of aliphatic carboxylic acids is 1. The molecule has 0 radical (unpaired) electrons. The zero-order chi connectivity index (χ0) is 19.5.